The lowest BCUT2D eigenvalue weighted by molar-refractivity contribution is 0.100. The van der Waals surface area contributed by atoms with Gasteiger partial charge in [-0.05, 0) is 18.2 Å². The van der Waals surface area contributed by atoms with Crippen LogP contribution in [-0.2, 0) is 6.73 Å². The first-order valence-corrected chi connectivity index (χ1v) is 7.91. The molecule has 0 saturated carbocycles. The Morgan fingerprint density at radius 3 is 2.25 bits per heavy atom. The number of hydrogen-bond donors (Lipinski definition) is 1. The number of halogens is 6. The number of hydrogen-bond acceptors (Lipinski definition) is 3. The molecule has 11 heteroatoms. The maximum atomic E-state index is 13.7. The number of carbonyl (C=O) groups is 1. The van der Waals surface area contributed by atoms with Crippen LogP contribution in [-0.4, -0.2) is 15.7 Å². The molecule has 1 amide bonds. The van der Waals surface area contributed by atoms with Crippen molar-refractivity contribution in [3.05, 3.63) is 76.3 Å². The average Bonchev–Trinajstić information content (AvgIpc) is 3.16. The van der Waals surface area contributed by atoms with E-state index < -0.39 is 40.7 Å². The summed E-state index contributed by atoms with van der Waals surface area (Å²) >= 11 is 5.93. The first-order valence-electron chi connectivity index (χ1n) is 7.53. The molecule has 1 aromatic heterocycles. The van der Waals surface area contributed by atoms with Gasteiger partial charge in [0.2, 0.25) is 5.82 Å². The van der Waals surface area contributed by atoms with Crippen LogP contribution < -0.4 is 10.1 Å². The molecule has 0 aliphatic rings. The van der Waals surface area contributed by atoms with Gasteiger partial charge in [0.1, 0.15) is 17.1 Å². The molecule has 0 bridgehead atoms. The molecule has 0 aliphatic heterocycles. The van der Waals surface area contributed by atoms with Crippen LogP contribution in [0.25, 0.3) is 0 Å². The molecule has 0 radical (unpaired) electrons. The first-order chi connectivity index (χ1) is 13.3. The van der Waals surface area contributed by atoms with Gasteiger partial charge in [0.25, 0.3) is 5.91 Å². The van der Waals surface area contributed by atoms with Crippen LogP contribution in [0, 0.1) is 29.1 Å². The van der Waals surface area contributed by atoms with Crippen molar-refractivity contribution in [3.8, 4) is 5.75 Å². The minimum atomic E-state index is -2.33. The Morgan fingerprint density at radius 2 is 1.61 bits per heavy atom. The highest BCUT2D eigenvalue weighted by atomic mass is 35.5. The zero-order chi connectivity index (χ0) is 20.4. The van der Waals surface area contributed by atoms with Crippen molar-refractivity contribution in [2.24, 2.45) is 0 Å². The molecule has 3 rings (SSSR count). The lowest BCUT2D eigenvalue weighted by atomic mass is 10.2. The van der Waals surface area contributed by atoms with Crippen molar-refractivity contribution < 1.29 is 31.5 Å². The molecule has 0 fully saturated rings. The molecular formula is C17H9ClF5N3O2. The summed E-state index contributed by atoms with van der Waals surface area (Å²) in [5.74, 6) is -11.9. The highest BCUT2D eigenvalue weighted by Gasteiger charge is 2.27. The van der Waals surface area contributed by atoms with Crippen LogP contribution in [0.2, 0.25) is 5.02 Å². The van der Waals surface area contributed by atoms with Crippen LogP contribution >= 0.6 is 11.6 Å². The topological polar surface area (TPSA) is 56.2 Å². The fourth-order valence-corrected chi connectivity index (χ4v) is 2.40. The summed E-state index contributed by atoms with van der Waals surface area (Å²) in [6, 6.07) is 7.61. The minimum Gasteiger partial charge on any atom is -0.470 e. The molecule has 28 heavy (non-hydrogen) atoms. The zero-order valence-corrected chi connectivity index (χ0v) is 14.4. The number of rotatable bonds is 5. The number of para-hydroxylation sites is 1. The quantitative estimate of drug-likeness (QED) is 0.377. The molecule has 2 aromatic carbocycles. The number of nitrogens with one attached hydrogen (secondary N) is 1. The van der Waals surface area contributed by atoms with Gasteiger partial charge in [0, 0.05) is 6.20 Å². The summed E-state index contributed by atoms with van der Waals surface area (Å²) in [5, 5.41) is 5.77. The van der Waals surface area contributed by atoms with Gasteiger partial charge in [-0.2, -0.15) is 5.10 Å². The molecule has 0 unspecified atom stereocenters. The van der Waals surface area contributed by atoms with E-state index in [2.05, 4.69) is 5.10 Å². The number of nitrogens with zero attached hydrogens (tertiary/aromatic N) is 2. The standard InChI is InChI=1S/C17H9ClF5N3O2/c18-8-3-1-2-4-10(8)28-7-26-9(5-6-24-26)17(27)25-16-14(22)12(20)11(19)13(21)15(16)23/h1-6H,7H2,(H,25,27). The lowest BCUT2D eigenvalue weighted by Gasteiger charge is -2.12. The second-order valence-corrected chi connectivity index (χ2v) is 5.73. The Morgan fingerprint density at radius 1 is 1.00 bits per heavy atom. The van der Waals surface area contributed by atoms with Crippen molar-refractivity contribution in [2.75, 3.05) is 5.32 Å². The molecule has 0 spiro atoms. The van der Waals surface area contributed by atoms with Crippen molar-refractivity contribution in [1.82, 2.24) is 9.78 Å². The molecule has 0 atom stereocenters. The van der Waals surface area contributed by atoms with Crippen LogP contribution in [0.3, 0.4) is 0 Å². The summed E-state index contributed by atoms with van der Waals surface area (Å²) in [6.07, 6.45) is 1.18. The number of anilines is 1. The molecular weight excluding hydrogens is 409 g/mol. The third-order valence-electron chi connectivity index (χ3n) is 3.58. The zero-order valence-electron chi connectivity index (χ0n) is 13.6. The Balaban J connectivity index is 1.82. The minimum absolute atomic E-state index is 0.254. The van der Waals surface area contributed by atoms with Crippen LogP contribution in [0.4, 0.5) is 27.6 Å². The van der Waals surface area contributed by atoms with Crippen LogP contribution in [0.15, 0.2) is 36.5 Å². The molecule has 5 nitrogen and oxygen atoms in total. The van der Waals surface area contributed by atoms with Gasteiger partial charge in [-0.25, -0.2) is 26.6 Å². The van der Waals surface area contributed by atoms with Gasteiger partial charge in [0.05, 0.1) is 5.02 Å². The summed E-state index contributed by atoms with van der Waals surface area (Å²) < 4.78 is 73.4. The SMILES string of the molecule is O=C(Nc1c(F)c(F)c(F)c(F)c1F)c1ccnn1COc1ccccc1Cl. The fourth-order valence-electron chi connectivity index (χ4n) is 2.21. The molecule has 1 heterocycles. The van der Waals surface area contributed by atoms with Gasteiger partial charge in [-0.1, -0.05) is 23.7 Å². The molecule has 0 saturated heterocycles. The number of ether oxygens (including phenoxy) is 1. The van der Waals surface area contributed by atoms with Gasteiger partial charge < -0.3 is 10.1 Å². The molecule has 1 N–H and O–H groups in total. The van der Waals surface area contributed by atoms with E-state index in [1.165, 1.54) is 6.20 Å². The second-order valence-electron chi connectivity index (χ2n) is 5.32. The third-order valence-corrected chi connectivity index (χ3v) is 3.89. The largest absolute Gasteiger partial charge is 0.470 e. The summed E-state index contributed by atoms with van der Waals surface area (Å²) in [5.41, 5.74) is -1.72. The van der Waals surface area contributed by atoms with E-state index in [-0.39, 0.29) is 18.2 Å². The maximum Gasteiger partial charge on any atom is 0.274 e. The molecule has 146 valence electrons. The van der Waals surface area contributed by atoms with Crippen LogP contribution in [0.1, 0.15) is 10.5 Å². The highest BCUT2D eigenvalue weighted by molar-refractivity contribution is 6.32. The average molecular weight is 418 g/mol. The van der Waals surface area contributed by atoms with Gasteiger partial charge >= 0.3 is 0 Å². The van der Waals surface area contributed by atoms with E-state index in [4.69, 9.17) is 16.3 Å². The number of carbonyl (C=O) groups excluding carboxylic acids is 1. The summed E-state index contributed by atoms with van der Waals surface area (Å²) in [4.78, 5) is 12.3. The van der Waals surface area contributed by atoms with Crippen molar-refractivity contribution >= 4 is 23.2 Å². The molecule has 3 aromatic rings. The first kappa shape index (κ1) is 19.6. The van der Waals surface area contributed by atoms with E-state index in [1.807, 2.05) is 0 Å². The van der Waals surface area contributed by atoms with E-state index in [0.717, 1.165) is 10.7 Å². The van der Waals surface area contributed by atoms with Crippen molar-refractivity contribution in [3.63, 3.8) is 0 Å². The van der Waals surface area contributed by atoms with Crippen molar-refractivity contribution in [2.45, 2.75) is 6.73 Å². The third kappa shape index (κ3) is 3.63. The van der Waals surface area contributed by atoms with Gasteiger partial charge in [0.15, 0.2) is 30.0 Å². The Hall–Kier alpha value is -3.14. The highest BCUT2D eigenvalue weighted by Crippen LogP contribution is 2.28. The summed E-state index contributed by atoms with van der Waals surface area (Å²) in [6.45, 7) is -0.309. The summed E-state index contributed by atoms with van der Waals surface area (Å²) in [7, 11) is 0. The van der Waals surface area contributed by atoms with Gasteiger partial charge in [-0.15, -0.1) is 0 Å². The maximum absolute atomic E-state index is 13.7. The fraction of sp³-hybridized carbons (Fsp3) is 0.0588. The molecule has 0 aliphatic carbocycles. The Labute approximate surface area is 159 Å². The second kappa shape index (κ2) is 7.85. The van der Waals surface area contributed by atoms with E-state index in [0.29, 0.717) is 5.02 Å². The Bertz CT molecular complexity index is 1030. The van der Waals surface area contributed by atoms with Gasteiger partial charge in [-0.3, -0.25) is 4.79 Å². The normalized spacial score (nSPS) is 10.8. The predicted octanol–water partition coefficient (Wildman–Crippen LogP) is 4.52. The monoisotopic (exact) mass is 417 g/mol. The van der Waals surface area contributed by atoms with E-state index >= 15 is 0 Å². The number of aromatic nitrogens is 2. The number of benzene rings is 2. The lowest BCUT2D eigenvalue weighted by Crippen LogP contribution is -2.22. The van der Waals surface area contributed by atoms with E-state index in [9.17, 15) is 26.7 Å². The smallest absolute Gasteiger partial charge is 0.274 e. The Kier molecular flexibility index (Phi) is 5.50. The number of amides is 1. The van der Waals surface area contributed by atoms with Crippen molar-refractivity contribution in [1.29, 1.82) is 0 Å². The predicted molar refractivity (Wildman–Crippen MR) is 88.5 cm³/mol. The van der Waals surface area contributed by atoms with Crippen LogP contribution in [0.5, 0.6) is 5.75 Å². The van der Waals surface area contributed by atoms with E-state index in [1.54, 1.807) is 29.6 Å².